The highest BCUT2D eigenvalue weighted by Crippen LogP contribution is 2.21. The third-order valence-electron chi connectivity index (χ3n) is 4.76. The van der Waals surface area contributed by atoms with E-state index in [1.807, 2.05) is 36.5 Å². The number of anilines is 1. The van der Waals surface area contributed by atoms with E-state index in [2.05, 4.69) is 58.9 Å². The first-order chi connectivity index (χ1) is 12.8. The molecule has 0 atom stereocenters. The fourth-order valence-electron chi connectivity index (χ4n) is 3.14. The molecule has 0 radical (unpaired) electrons. The SMILES string of the molecule is Cc1ccccc1Cn1nc(C)c(NC(=S)NCc2cn(C)nc2C)c1C. The number of aromatic nitrogens is 4. The molecule has 0 amide bonds. The average Bonchev–Trinajstić information content (AvgIpc) is 3.07. The van der Waals surface area contributed by atoms with Gasteiger partial charge in [0, 0.05) is 25.4 Å². The number of hydrogen-bond donors (Lipinski definition) is 2. The lowest BCUT2D eigenvalue weighted by Crippen LogP contribution is -2.28. The van der Waals surface area contributed by atoms with Crippen LogP contribution in [0.5, 0.6) is 0 Å². The van der Waals surface area contributed by atoms with Gasteiger partial charge in [0.05, 0.1) is 29.3 Å². The molecule has 3 aromatic rings. The Hall–Kier alpha value is -2.67. The molecule has 2 aromatic heterocycles. The monoisotopic (exact) mass is 382 g/mol. The molecule has 0 aliphatic rings. The molecule has 2 heterocycles. The summed E-state index contributed by atoms with van der Waals surface area (Å²) in [7, 11) is 1.92. The molecule has 142 valence electrons. The zero-order chi connectivity index (χ0) is 19.6. The van der Waals surface area contributed by atoms with Crippen LogP contribution in [0.15, 0.2) is 30.5 Å². The number of benzene rings is 1. The van der Waals surface area contributed by atoms with Crippen LogP contribution in [-0.4, -0.2) is 24.7 Å². The maximum absolute atomic E-state index is 5.48. The Morgan fingerprint density at radius 1 is 1.04 bits per heavy atom. The minimum atomic E-state index is 0.583. The smallest absolute Gasteiger partial charge is 0.171 e. The van der Waals surface area contributed by atoms with Gasteiger partial charge >= 0.3 is 0 Å². The van der Waals surface area contributed by atoms with E-state index in [1.165, 1.54) is 11.1 Å². The van der Waals surface area contributed by atoms with Gasteiger partial charge in [0.15, 0.2) is 5.11 Å². The van der Waals surface area contributed by atoms with E-state index in [0.717, 1.165) is 34.9 Å². The van der Waals surface area contributed by atoms with E-state index < -0.39 is 0 Å². The molecular formula is C20H26N6S. The minimum absolute atomic E-state index is 0.583. The molecule has 27 heavy (non-hydrogen) atoms. The van der Waals surface area contributed by atoms with Crippen LogP contribution in [-0.2, 0) is 20.1 Å². The molecule has 1 aromatic carbocycles. The third kappa shape index (κ3) is 4.36. The van der Waals surface area contributed by atoms with Crippen LogP contribution >= 0.6 is 12.2 Å². The summed E-state index contributed by atoms with van der Waals surface area (Å²) in [6.45, 7) is 9.57. The standard InChI is InChI=1S/C20H26N6S/c1-13-8-6-7-9-17(13)12-26-16(4)19(15(3)24-26)22-20(27)21-10-18-11-25(5)23-14(18)2/h6-9,11H,10,12H2,1-5H3,(H2,21,22,27). The van der Waals surface area contributed by atoms with Crippen LogP contribution < -0.4 is 10.6 Å². The van der Waals surface area contributed by atoms with Crippen molar-refractivity contribution >= 4 is 23.0 Å². The first-order valence-electron chi connectivity index (χ1n) is 8.97. The molecule has 6 nitrogen and oxygen atoms in total. The van der Waals surface area contributed by atoms with Crippen LogP contribution in [0.2, 0.25) is 0 Å². The Labute approximate surface area is 165 Å². The van der Waals surface area contributed by atoms with Crippen molar-refractivity contribution in [1.29, 1.82) is 0 Å². The van der Waals surface area contributed by atoms with E-state index in [-0.39, 0.29) is 0 Å². The summed E-state index contributed by atoms with van der Waals surface area (Å²) in [5.41, 5.74) is 7.63. The summed E-state index contributed by atoms with van der Waals surface area (Å²) in [4.78, 5) is 0. The minimum Gasteiger partial charge on any atom is -0.358 e. The molecule has 0 bridgehead atoms. The van der Waals surface area contributed by atoms with Crippen LogP contribution in [0.1, 0.15) is 33.8 Å². The number of thiocarbonyl (C=S) groups is 1. The van der Waals surface area contributed by atoms with Gasteiger partial charge in [-0.05, 0) is 51.0 Å². The summed E-state index contributed by atoms with van der Waals surface area (Å²) in [5.74, 6) is 0. The second kappa shape index (κ2) is 7.92. The number of hydrogen-bond acceptors (Lipinski definition) is 3. The third-order valence-corrected chi connectivity index (χ3v) is 5.00. The van der Waals surface area contributed by atoms with Crippen LogP contribution in [0, 0.1) is 27.7 Å². The molecule has 0 spiro atoms. The van der Waals surface area contributed by atoms with E-state index in [9.17, 15) is 0 Å². The molecule has 3 rings (SSSR count). The van der Waals surface area contributed by atoms with Crippen molar-refractivity contribution in [1.82, 2.24) is 24.9 Å². The zero-order valence-corrected chi connectivity index (χ0v) is 17.3. The molecule has 0 saturated carbocycles. The van der Waals surface area contributed by atoms with Gasteiger partial charge in [-0.2, -0.15) is 10.2 Å². The van der Waals surface area contributed by atoms with E-state index in [4.69, 9.17) is 12.2 Å². The molecule has 2 N–H and O–H groups in total. The molecule has 0 aliphatic carbocycles. The number of nitrogens with zero attached hydrogens (tertiary/aromatic N) is 4. The van der Waals surface area contributed by atoms with Gasteiger partial charge in [-0.25, -0.2) is 0 Å². The summed E-state index contributed by atoms with van der Waals surface area (Å²) in [6.07, 6.45) is 2.00. The van der Waals surface area contributed by atoms with Crippen LogP contribution in [0.4, 0.5) is 5.69 Å². The van der Waals surface area contributed by atoms with Gasteiger partial charge in [0.2, 0.25) is 0 Å². The second-order valence-electron chi connectivity index (χ2n) is 6.85. The Morgan fingerprint density at radius 3 is 2.44 bits per heavy atom. The highest BCUT2D eigenvalue weighted by Gasteiger charge is 2.14. The van der Waals surface area contributed by atoms with Crippen molar-refractivity contribution in [2.45, 2.75) is 40.8 Å². The molecule has 0 saturated heterocycles. The van der Waals surface area contributed by atoms with Crippen molar-refractivity contribution < 1.29 is 0 Å². The van der Waals surface area contributed by atoms with Crippen molar-refractivity contribution in [2.75, 3.05) is 5.32 Å². The van der Waals surface area contributed by atoms with Crippen molar-refractivity contribution in [3.63, 3.8) is 0 Å². The second-order valence-corrected chi connectivity index (χ2v) is 7.26. The molecule has 0 fully saturated rings. The first-order valence-corrected chi connectivity index (χ1v) is 9.38. The van der Waals surface area contributed by atoms with Crippen molar-refractivity contribution in [2.24, 2.45) is 7.05 Å². The Balaban J connectivity index is 1.68. The molecule has 0 aliphatic heterocycles. The summed E-state index contributed by atoms with van der Waals surface area (Å²) < 4.78 is 3.83. The predicted molar refractivity (Wildman–Crippen MR) is 113 cm³/mol. The van der Waals surface area contributed by atoms with Gasteiger partial charge < -0.3 is 10.6 Å². The van der Waals surface area contributed by atoms with E-state index in [0.29, 0.717) is 11.7 Å². The van der Waals surface area contributed by atoms with E-state index >= 15 is 0 Å². The Morgan fingerprint density at radius 2 is 1.78 bits per heavy atom. The Kier molecular flexibility index (Phi) is 5.60. The maximum atomic E-state index is 5.48. The van der Waals surface area contributed by atoms with Gasteiger partial charge in [0.25, 0.3) is 0 Å². The Bertz CT molecular complexity index is 969. The predicted octanol–water partition coefficient (Wildman–Crippen LogP) is 3.39. The van der Waals surface area contributed by atoms with Gasteiger partial charge in [-0.15, -0.1) is 0 Å². The summed E-state index contributed by atoms with van der Waals surface area (Å²) >= 11 is 5.48. The largest absolute Gasteiger partial charge is 0.358 e. The number of rotatable bonds is 5. The van der Waals surface area contributed by atoms with Crippen LogP contribution in [0.25, 0.3) is 0 Å². The highest BCUT2D eigenvalue weighted by molar-refractivity contribution is 7.80. The fraction of sp³-hybridized carbons (Fsp3) is 0.350. The van der Waals surface area contributed by atoms with Gasteiger partial charge in [-0.3, -0.25) is 9.36 Å². The first kappa shape index (κ1) is 19.1. The van der Waals surface area contributed by atoms with Crippen molar-refractivity contribution in [3.8, 4) is 0 Å². The normalized spacial score (nSPS) is 10.9. The molecule has 0 unspecified atom stereocenters. The summed E-state index contributed by atoms with van der Waals surface area (Å²) in [6, 6.07) is 8.38. The molecule has 7 heteroatoms. The quantitative estimate of drug-likeness (QED) is 0.663. The van der Waals surface area contributed by atoms with Gasteiger partial charge in [0.1, 0.15) is 0 Å². The number of aryl methyl sites for hydroxylation is 4. The lowest BCUT2D eigenvalue weighted by molar-refractivity contribution is 0.657. The van der Waals surface area contributed by atoms with Crippen LogP contribution in [0.3, 0.4) is 0 Å². The molecular weight excluding hydrogens is 356 g/mol. The highest BCUT2D eigenvalue weighted by atomic mass is 32.1. The van der Waals surface area contributed by atoms with E-state index in [1.54, 1.807) is 0 Å². The topological polar surface area (TPSA) is 59.7 Å². The average molecular weight is 383 g/mol. The number of nitrogens with one attached hydrogen (secondary N) is 2. The van der Waals surface area contributed by atoms with Crippen molar-refractivity contribution in [3.05, 3.63) is 64.2 Å². The summed E-state index contributed by atoms with van der Waals surface area (Å²) in [5, 5.41) is 16.2. The fourth-order valence-corrected chi connectivity index (χ4v) is 3.31. The lowest BCUT2D eigenvalue weighted by atomic mass is 10.1. The maximum Gasteiger partial charge on any atom is 0.171 e. The lowest BCUT2D eigenvalue weighted by Gasteiger charge is -2.11. The van der Waals surface area contributed by atoms with Gasteiger partial charge in [-0.1, -0.05) is 24.3 Å². The zero-order valence-electron chi connectivity index (χ0n) is 16.5.